The van der Waals surface area contributed by atoms with E-state index in [2.05, 4.69) is 0 Å². The van der Waals surface area contributed by atoms with E-state index in [9.17, 15) is 110 Å². The summed E-state index contributed by atoms with van der Waals surface area (Å²) in [5.74, 6) is -0.318. The van der Waals surface area contributed by atoms with E-state index in [1.807, 2.05) is 53.2 Å². The average molecular weight is 1090 g/mol. The van der Waals surface area contributed by atoms with Gasteiger partial charge in [-0.1, -0.05) is 78.9 Å². The number of esters is 1. The van der Waals surface area contributed by atoms with E-state index in [-0.39, 0.29) is 5.97 Å². The number of rotatable bonds is 7. The lowest BCUT2D eigenvalue weighted by Crippen LogP contribution is -2.75. The Kier molecular flexibility index (Phi) is 15.7. The first-order valence-corrected chi connectivity index (χ1v) is 20.0. The largest absolute Gasteiger partial charge is 0.461 e. The second-order valence-electron chi connectivity index (χ2n) is 15.9. The minimum Gasteiger partial charge on any atom is -0.461 e. The molecule has 0 fully saturated rings. The molecule has 0 unspecified atom stereocenters. The smallest absolute Gasteiger partial charge is 0.416 e. The lowest BCUT2D eigenvalue weighted by Gasteiger charge is -2.46. The highest BCUT2D eigenvalue weighted by Crippen LogP contribution is 2.41. The number of ether oxygens (including phenoxy) is 1. The Morgan fingerprint density at radius 2 is 0.622 bits per heavy atom. The molecule has 0 atom stereocenters. The van der Waals surface area contributed by atoms with Gasteiger partial charge >= 0.3 is 55.4 Å². The summed E-state index contributed by atoms with van der Waals surface area (Å²) in [6.07, 6.45) is -52.9. The number of methoxy groups -OCH3 is 1. The van der Waals surface area contributed by atoms with Gasteiger partial charge < -0.3 is 4.74 Å². The van der Waals surface area contributed by atoms with E-state index in [1.165, 1.54) is 7.11 Å². The Bertz CT molecular complexity index is 2540. The van der Waals surface area contributed by atoms with Crippen molar-refractivity contribution >= 4 is 34.0 Å². The van der Waals surface area contributed by atoms with Crippen LogP contribution in [0.5, 0.6) is 0 Å². The third-order valence-electron chi connectivity index (χ3n) is 11.0. The molecule has 0 saturated heterocycles. The van der Waals surface area contributed by atoms with Crippen molar-refractivity contribution in [3.8, 4) is 0 Å². The Morgan fingerprint density at radius 1 is 0.378 bits per heavy atom. The molecule has 1 heterocycles. The molecule has 398 valence electrons. The molecule has 0 aliphatic heterocycles. The van der Waals surface area contributed by atoms with Crippen molar-refractivity contribution in [2.24, 2.45) is 0 Å². The molecule has 0 amide bonds. The third-order valence-corrected chi connectivity index (χ3v) is 11.0. The maximum atomic E-state index is 14.2. The van der Waals surface area contributed by atoms with Gasteiger partial charge in [-0.05, 0) is 30.3 Å². The van der Waals surface area contributed by atoms with Gasteiger partial charge in [-0.3, -0.25) is 0 Å². The zero-order valence-electron chi connectivity index (χ0n) is 36.2. The summed E-state index contributed by atoms with van der Waals surface area (Å²) >= 11 is 0. The van der Waals surface area contributed by atoms with Crippen LogP contribution in [0.1, 0.15) is 60.6 Å². The predicted molar refractivity (Wildman–Crippen MR) is 214 cm³/mol. The SMILES string of the molecule is COC(=O)c1cccc[n+]1Cc1ccccc1.FC(F)(F)c1cc([B-](c2cc(C(F)(F)F)cc(C(F)(F)F)c2)(c2cc(C(F)(F)F)cc(C(F)(F)F)c2)c2cc(C(F)(F)F)cc(C(F)(F)F)c2)cc(C(F)(F)F)c1. The minimum atomic E-state index is -6.13. The van der Waals surface area contributed by atoms with Gasteiger partial charge in [0.2, 0.25) is 0 Å². The Morgan fingerprint density at radius 3 is 0.851 bits per heavy atom. The molecule has 0 spiro atoms. The van der Waals surface area contributed by atoms with Gasteiger partial charge in [0.05, 0.1) is 51.6 Å². The van der Waals surface area contributed by atoms with E-state index < -0.39 is 195 Å². The molecule has 0 aliphatic rings. The average Bonchev–Trinajstić information content (AvgIpc) is 3.27. The maximum Gasteiger partial charge on any atom is 0.416 e. The number of nitrogens with zero attached hydrogens (tertiary/aromatic N) is 1. The van der Waals surface area contributed by atoms with Crippen LogP contribution in [0.15, 0.2) is 128 Å². The molecular formula is C46H26BF24NO2. The third kappa shape index (κ3) is 13.2. The number of hydrogen-bond acceptors (Lipinski definition) is 2. The van der Waals surface area contributed by atoms with Crippen molar-refractivity contribution in [2.45, 2.75) is 56.0 Å². The molecule has 0 aliphatic carbocycles. The van der Waals surface area contributed by atoms with E-state index >= 15 is 0 Å². The molecule has 1 aromatic heterocycles. The molecule has 0 radical (unpaired) electrons. The van der Waals surface area contributed by atoms with Crippen molar-refractivity contribution in [1.29, 1.82) is 0 Å². The summed E-state index contributed by atoms with van der Waals surface area (Å²) in [5.41, 5.74) is -28.5. The van der Waals surface area contributed by atoms with Gasteiger partial charge in [0.25, 0.3) is 5.69 Å². The number of hydrogen-bond donors (Lipinski definition) is 0. The van der Waals surface area contributed by atoms with Crippen molar-refractivity contribution in [1.82, 2.24) is 0 Å². The summed E-state index contributed by atoms with van der Waals surface area (Å²) in [4.78, 5) is 11.6. The zero-order valence-corrected chi connectivity index (χ0v) is 36.2. The van der Waals surface area contributed by atoms with Crippen LogP contribution in [-0.4, -0.2) is 19.2 Å². The normalized spacial score (nSPS) is 13.3. The predicted octanol–water partition coefficient (Wildman–Crippen LogP) is 13.0. The quantitative estimate of drug-likeness (QED) is 0.0690. The first-order chi connectivity index (χ1) is 33.6. The Balaban J connectivity index is 0.000000500. The summed E-state index contributed by atoms with van der Waals surface area (Å²) in [5, 5.41) is 0. The van der Waals surface area contributed by atoms with Crippen LogP contribution in [0.25, 0.3) is 0 Å². The summed E-state index contributed by atoms with van der Waals surface area (Å²) in [6.45, 7) is 0.659. The Hall–Kier alpha value is -6.90. The fraction of sp³-hybridized carbons (Fsp3) is 0.217. The van der Waals surface area contributed by atoms with Crippen LogP contribution < -0.4 is 26.4 Å². The van der Waals surface area contributed by atoms with E-state index in [0.717, 1.165) is 5.56 Å². The van der Waals surface area contributed by atoms with Crippen LogP contribution in [0.2, 0.25) is 0 Å². The van der Waals surface area contributed by atoms with Gasteiger partial charge in [0.15, 0.2) is 12.7 Å². The minimum absolute atomic E-state index is 0.318. The number of alkyl halides is 24. The first kappa shape index (κ1) is 58.0. The molecule has 5 aromatic carbocycles. The van der Waals surface area contributed by atoms with E-state index in [0.29, 0.717) is 12.2 Å². The fourth-order valence-corrected chi connectivity index (χ4v) is 7.75. The number of carbonyl (C=O) groups is 1. The molecule has 0 N–H and O–H groups in total. The highest BCUT2D eigenvalue weighted by atomic mass is 19.4. The molecule has 0 bridgehead atoms. The van der Waals surface area contributed by atoms with Crippen molar-refractivity contribution in [3.63, 3.8) is 0 Å². The lowest BCUT2D eigenvalue weighted by molar-refractivity contribution is -0.690. The second-order valence-corrected chi connectivity index (χ2v) is 15.9. The Labute approximate surface area is 399 Å². The van der Waals surface area contributed by atoms with Crippen LogP contribution in [0.3, 0.4) is 0 Å². The van der Waals surface area contributed by atoms with Crippen LogP contribution >= 0.6 is 0 Å². The zero-order chi connectivity index (χ0) is 56.0. The monoisotopic (exact) mass is 1090 g/mol. The molecule has 3 nitrogen and oxygen atoms in total. The van der Waals surface area contributed by atoms with Crippen molar-refractivity contribution < 1.29 is 119 Å². The molecule has 6 aromatic rings. The topological polar surface area (TPSA) is 30.2 Å². The van der Waals surface area contributed by atoms with Crippen LogP contribution in [-0.2, 0) is 60.7 Å². The number of pyridine rings is 1. The lowest BCUT2D eigenvalue weighted by atomic mass is 9.12. The molecule has 0 saturated carbocycles. The van der Waals surface area contributed by atoms with Crippen LogP contribution in [0.4, 0.5) is 105 Å². The van der Waals surface area contributed by atoms with E-state index in [1.54, 1.807) is 6.07 Å². The summed E-state index contributed by atoms with van der Waals surface area (Å²) in [6, 6.07) is 6.67. The van der Waals surface area contributed by atoms with Gasteiger partial charge in [0, 0.05) is 17.7 Å². The van der Waals surface area contributed by atoms with Gasteiger partial charge in [0.1, 0.15) is 6.15 Å². The summed E-state index contributed by atoms with van der Waals surface area (Å²) < 4.78 is 347. The van der Waals surface area contributed by atoms with Crippen LogP contribution in [0, 0.1) is 0 Å². The van der Waals surface area contributed by atoms with Crippen molar-refractivity contribution in [2.75, 3.05) is 7.11 Å². The number of benzene rings is 5. The molecule has 74 heavy (non-hydrogen) atoms. The number of carbonyl (C=O) groups excluding carboxylic acids is 1. The molecular weight excluding hydrogens is 1070 g/mol. The molecule has 6 rings (SSSR count). The highest BCUT2D eigenvalue weighted by Gasteiger charge is 2.47. The van der Waals surface area contributed by atoms with Gasteiger partial charge in [-0.2, -0.15) is 132 Å². The fourth-order valence-electron chi connectivity index (χ4n) is 7.75. The first-order valence-electron chi connectivity index (χ1n) is 20.0. The number of halogens is 24. The molecule has 28 heteroatoms. The highest BCUT2D eigenvalue weighted by molar-refractivity contribution is 7.20. The maximum absolute atomic E-state index is 14.2. The van der Waals surface area contributed by atoms with E-state index in [4.69, 9.17) is 4.74 Å². The summed E-state index contributed by atoms with van der Waals surface area (Å²) in [7, 11) is 1.39. The van der Waals surface area contributed by atoms with Gasteiger partial charge in [-0.15, -0.1) is 0 Å². The number of aromatic nitrogens is 1. The standard InChI is InChI=1S/C32H12BF24.C14H14NO2/c34-25(35,36)13-1-14(26(37,38)39)6-21(5-13)33(22-7-15(27(40,41)42)2-16(8-22)28(43,44)45,23-9-17(29(46,47)48)3-18(10-23)30(49,50)51)24-11-19(31(52,53)54)4-20(12-24)32(55,56)57;1-17-14(16)13-9-5-6-10-15(13)11-12-7-3-2-4-8-12/h1-12H;2-10H,11H2,1H3/q-1;+1. The van der Waals surface area contributed by atoms with Gasteiger partial charge in [-0.25, -0.2) is 4.79 Å². The second kappa shape index (κ2) is 20.1. The van der Waals surface area contributed by atoms with Crippen molar-refractivity contribution in [3.05, 3.63) is 183 Å².